The molecule has 8 nitrogen and oxygen atoms in total. The zero-order valence-electron chi connectivity index (χ0n) is 14.5. The van der Waals surface area contributed by atoms with Gasteiger partial charge in [0.25, 0.3) is 5.91 Å². The topological polar surface area (TPSA) is 111 Å². The number of carbonyl (C=O) groups is 2. The van der Waals surface area contributed by atoms with Gasteiger partial charge in [0.1, 0.15) is 5.54 Å². The van der Waals surface area contributed by atoms with Crippen LogP contribution < -0.4 is 15.4 Å². The lowest BCUT2D eigenvalue weighted by molar-refractivity contribution is -0.385. The van der Waals surface area contributed by atoms with Crippen LogP contribution >= 0.6 is 0 Å². The van der Waals surface area contributed by atoms with Gasteiger partial charge >= 0.3 is 5.69 Å². The number of ether oxygens (including phenoxy) is 1. The molecule has 2 rings (SSSR count). The first-order valence-corrected chi connectivity index (χ1v) is 8.37. The highest BCUT2D eigenvalue weighted by atomic mass is 16.6. The Bertz CT molecular complexity index is 668. The van der Waals surface area contributed by atoms with Crippen LogP contribution in [0.5, 0.6) is 5.75 Å². The molecule has 1 aliphatic rings. The van der Waals surface area contributed by atoms with E-state index in [4.69, 9.17) is 4.74 Å². The van der Waals surface area contributed by atoms with Gasteiger partial charge in [0.2, 0.25) is 5.91 Å². The first-order valence-electron chi connectivity index (χ1n) is 8.37. The first kappa shape index (κ1) is 18.7. The molecule has 1 aromatic rings. The van der Waals surface area contributed by atoms with Gasteiger partial charge in [-0.05, 0) is 25.8 Å². The van der Waals surface area contributed by atoms with Gasteiger partial charge in [-0.15, -0.1) is 0 Å². The predicted octanol–water partition coefficient (Wildman–Crippen LogP) is 2.17. The Morgan fingerprint density at radius 1 is 1.28 bits per heavy atom. The molecule has 2 N–H and O–H groups in total. The summed E-state index contributed by atoms with van der Waals surface area (Å²) in [6.45, 7) is 2.32. The quantitative estimate of drug-likeness (QED) is 0.604. The van der Waals surface area contributed by atoms with Gasteiger partial charge in [-0.3, -0.25) is 19.7 Å². The molecule has 0 spiro atoms. The van der Waals surface area contributed by atoms with Crippen LogP contribution in [0.25, 0.3) is 0 Å². The minimum atomic E-state index is -0.930. The van der Waals surface area contributed by atoms with Gasteiger partial charge < -0.3 is 15.4 Å². The van der Waals surface area contributed by atoms with Gasteiger partial charge in [0.15, 0.2) is 5.75 Å². The number of nitro groups is 1. The molecule has 25 heavy (non-hydrogen) atoms. The van der Waals surface area contributed by atoms with Crippen LogP contribution in [-0.2, 0) is 4.79 Å². The van der Waals surface area contributed by atoms with Crippen molar-refractivity contribution in [2.24, 2.45) is 0 Å². The van der Waals surface area contributed by atoms with Crippen LogP contribution in [0.1, 0.15) is 49.4 Å². The van der Waals surface area contributed by atoms with E-state index in [0.717, 1.165) is 19.3 Å². The van der Waals surface area contributed by atoms with E-state index in [9.17, 15) is 19.7 Å². The number of methoxy groups -OCH3 is 1. The maximum Gasteiger partial charge on any atom is 0.310 e. The molecule has 0 aliphatic heterocycles. The second-order valence-electron chi connectivity index (χ2n) is 6.10. The average Bonchev–Trinajstić information content (AvgIpc) is 2.61. The van der Waals surface area contributed by atoms with E-state index in [1.165, 1.54) is 25.3 Å². The van der Waals surface area contributed by atoms with Crippen LogP contribution in [0.4, 0.5) is 5.69 Å². The number of nitrogens with one attached hydrogen (secondary N) is 2. The van der Waals surface area contributed by atoms with Crippen molar-refractivity contribution in [1.29, 1.82) is 0 Å². The zero-order chi connectivity index (χ0) is 18.4. The Morgan fingerprint density at radius 2 is 1.96 bits per heavy atom. The lowest BCUT2D eigenvalue weighted by atomic mass is 9.80. The molecule has 0 bridgehead atoms. The molecule has 0 heterocycles. The first-order chi connectivity index (χ1) is 11.9. The van der Waals surface area contributed by atoms with Crippen LogP contribution in [0, 0.1) is 10.1 Å². The van der Waals surface area contributed by atoms with Crippen molar-refractivity contribution in [2.45, 2.75) is 44.6 Å². The molecule has 0 saturated heterocycles. The van der Waals surface area contributed by atoms with Crippen molar-refractivity contribution in [2.75, 3.05) is 13.7 Å². The summed E-state index contributed by atoms with van der Waals surface area (Å²) in [6, 6.07) is 3.92. The molecule has 1 aliphatic carbocycles. The SMILES string of the molecule is CCNC(=O)C1(NC(=O)c2ccc([N+](=O)[O-])c(OC)c2)CCCCC1. The Kier molecular flexibility index (Phi) is 5.95. The van der Waals surface area contributed by atoms with Crippen molar-refractivity contribution in [3.8, 4) is 5.75 Å². The van der Waals surface area contributed by atoms with Crippen molar-refractivity contribution in [3.05, 3.63) is 33.9 Å². The highest BCUT2D eigenvalue weighted by Crippen LogP contribution is 2.31. The van der Waals surface area contributed by atoms with Gasteiger partial charge in [0, 0.05) is 24.2 Å². The van der Waals surface area contributed by atoms with Gasteiger partial charge in [-0.2, -0.15) is 0 Å². The Hall–Kier alpha value is -2.64. The van der Waals surface area contributed by atoms with Crippen LogP contribution in [0.2, 0.25) is 0 Å². The molecule has 0 aromatic heterocycles. The van der Waals surface area contributed by atoms with Crippen molar-refractivity contribution >= 4 is 17.5 Å². The smallest absolute Gasteiger partial charge is 0.310 e. The Morgan fingerprint density at radius 3 is 2.52 bits per heavy atom. The molecule has 0 unspecified atom stereocenters. The fourth-order valence-electron chi connectivity index (χ4n) is 3.15. The molecule has 8 heteroatoms. The van der Waals surface area contributed by atoms with E-state index < -0.39 is 16.4 Å². The highest BCUT2D eigenvalue weighted by molar-refractivity contribution is 5.99. The summed E-state index contributed by atoms with van der Waals surface area (Å²) in [5, 5.41) is 16.6. The number of nitrogens with zero attached hydrogens (tertiary/aromatic N) is 1. The minimum absolute atomic E-state index is 0.00774. The number of hydrogen-bond donors (Lipinski definition) is 2. The third-order valence-corrected chi connectivity index (χ3v) is 4.47. The van der Waals surface area contributed by atoms with E-state index in [-0.39, 0.29) is 22.9 Å². The fraction of sp³-hybridized carbons (Fsp3) is 0.529. The summed E-state index contributed by atoms with van der Waals surface area (Å²) in [5.74, 6) is -0.619. The van der Waals surface area contributed by atoms with Crippen LogP contribution in [0.15, 0.2) is 18.2 Å². The average molecular weight is 349 g/mol. The number of amides is 2. The number of carbonyl (C=O) groups excluding carboxylic acids is 2. The summed E-state index contributed by atoms with van der Waals surface area (Å²) < 4.78 is 5.00. The van der Waals surface area contributed by atoms with Gasteiger partial charge in [-0.25, -0.2) is 0 Å². The van der Waals surface area contributed by atoms with Crippen molar-refractivity contribution in [3.63, 3.8) is 0 Å². The second-order valence-corrected chi connectivity index (χ2v) is 6.10. The summed E-state index contributed by atoms with van der Waals surface area (Å²) >= 11 is 0. The molecule has 1 saturated carbocycles. The summed E-state index contributed by atoms with van der Waals surface area (Å²) in [6.07, 6.45) is 3.91. The van der Waals surface area contributed by atoms with E-state index in [1.807, 2.05) is 6.92 Å². The standard InChI is InChI=1S/C17H23N3O5/c1-3-18-16(22)17(9-5-4-6-10-17)19-15(21)12-7-8-13(20(23)24)14(11-12)25-2/h7-8,11H,3-6,9-10H2,1-2H3,(H,18,22)(H,19,21). The van der Waals surface area contributed by atoms with Crippen LogP contribution in [-0.4, -0.2) is 35.9 Å². The molecular weight excluding hydrogens is 326 g/mol. The van der Waals surface area contributed by atoms with Crippen LogP contribution in [0.3, 0.4) is 0 Å². The lowest BCUT2D eigenvalue weighted by Gasteiger charge is -2.36. The number of nitro benzene ring substituents is 1. The maximum absolute atomic E-state index is 12.7. The number of hydrogen-bond acceptors (Lipinski definition) is 5. The molecular formula is C17H23N3O5. The van der Waals surface area contributed by atoms with E-state index >= 15 is 0 Å². The van der Waals surface area contributed by atoms with Gasteiger partial charge in [0.05, 0.1) is 12.0 Å². The van der Waals surface area contributed by atoms with Crippen molar-refractivity contribution in [1.82, 2.24) is 10.6 Å². The van der Waals surface area contributed by atoms with E-state index in [2.05, 4.69) is 10.6 Å². The fourth-order valence-corrected chi connectivity index (χ4v) is 3.15. The van der Waals surface area contributed by atoms with Gasteiger partial charge in [-0.1, -0.05) is 19.3 Å². The molecule has 2 amide bonds. The monoisotopic (exact) mass is 349 g/mol. The third kappa shape index (κ3) is 4.07. The molecule has 0 radical (unpaired) electrons. The zero-order valence-corrected chi connectivity index (χ0v) is 14.5. The summed E-state index contributed by atoms with van der Waals surface area (Å²) in [4.78, 5) is 35.6. The second kappa shape index (κ2) is 7.96. The largest absolute Gasteiger partial charge is 0.490 e. The minimum Gasteiger partial charge on any atom is -0.490 e. The molecule has 1 aromatic carbocycles. The summed E-state index contributed by atoms with van der Waals surface area (Å²) in [5.41, 5.74) is -0.924. The highest BCUT2D eigenvalue weighted by Gasteiger charge is 2.40. The summed E-state index contributed by atoms with van der Waals surface area (Å²) in [7, 11) is 1.31. The maximum atomic E-state index is 12.7. The number of rotatable bonds is 6. The predicted molar refractivity (Wildman–Crippen MR) is 91.6 cm³/mol. The normalized spacial score (nSPS) is 15.9. The number of likely N-dealkylation sites (N-methyl/N-ethyl adjacent to an activating group) is 1. The van der Waals surface area contributed by atoms with E-state index in [0.29, 0.717) is 19.4 Å². The number of benzene rings is 1. The molecule has 136 valence electrons. The van der Waals surface area contributed by atoms with E-state index in [1.54, 1.807) is 0 Å². The Labute approximate surface area is 146 Å². The molecule has 0 atom stereocenters. The lowest BCUT2D eigenvalue weighted by Crippen LogP contribution is -2.59. The van der Waals surface area contributed by atoms with Crippen molar-refractivity contribution < 1.29 is 19.2 Å². The third-order valence-electron chi connectivity index (χ3n) is 4.47. The Balaban J connectivity index is 2.26. The molecule has 1 fully saturated rings.